The van der Waals surface area contributed by atoms with E-state index < -0.39 is 10.8 Å². The highest BCUT2D eigenvalue weighted by molar-refractivity contribution is 7.84. The summed E-state index contributed by atoms with van der Waals surface area (Å²) in [7, 11) is -1.02. The van der Waals surface area contributed by atoms with Gasteiger partial charge in [-0.15, -0.1) is 0 Å². The van der Waals surface area contributed by atoms with Crippen molar-refractivity contribution in [3.63, 3.8) is 0 Å². The molecule has 1 aromatic rings. The fourth-order valence-electron chi connectivity index (χ4n) is 0.963. The van der Waals surface area contributed by atoms with E-state index in [1.807, 2.05) is 18.2 Å². The van der Waals surface area contributed by atoms with Gasteiger partial charge in [-0.05, 0) is 11.6 Å². The van der Waals surface area contributed by atoms with E-state index in [1.165, 1.54) is 0 Å². The molecule has 0 aliphatic rings. The van der Waals surface area contributed by atoms with Gasteiger partial charge in [0.15, 0.2) is 0 Å². The third-order valence-electron chi connectivity index (χ3n) is 1.59. The standard InChI is InChI=1S/C9H11ClO2S/c10-9-4-2-1-3-8(9)7-13(12)6-5-11/h1-4,11H,5-7H2. The van der Waals surface area contributed by atoms with Crippen LogP contribution in [0, 0.1) is 0 Å². The summed E-state index contributed by atoms with van der Waals surface area (Å²) >= 11 is 5.87. The van der Waals surface area contributed by atoms with Crippen LogP contribution < -0.4 is 0 Å². The zero-order valence-corrected chi connectivity index (χ0v) is 8.64. The van der Waals surface area contributed by atoms with Crippen molar-refractivity contribution in [2.24, 2.45) is 0 Å². The predicted octanol–water partition coefficient (Wildman–Crippen LogP) is 1.58. The molecule has 2 nitrogen and oxygen atoms in total. The Morgan fingerprint density at radius 3 is 2.69 bits per heavy atom. The first-order chi connectivity index (χ1) is 6.24. The molecule has 0 amide bonds. The maximum absolute atomic E-state index is 11.3. The zero-order valence-electron chi connectivity index (χ0n) is 7.07. The van der Waals surface area contributed by atoms with Crippen molar-refractivity contribution >= 4 is 22.4 Å². The highest BCUT2D eigenvalue weighted by Crippen LogP contribution is 2.16. The molecule has 4 heteroatoms. The van der Waals surface area contributed by atoms with Crippen molar-refractivity contribution in [3.8, 4) is 0 Å². The van der Waals surface area contributed by atoms with Gasteiger partial charge >= 0.3 is 0 Å². The van der Waals surface area contributed by atoms with Gasteiger partial charge in [-0.3, -0.25) is 4.21 Å². The van der Waals surface area contributed by atoms with Gasteiger partial charge < -0.3 is 5.11 Å². The minimum Gasteiger partial charge on any atom is -0.395 e. The maximum Gasteiger partial charge on any atom is 0.0546 e. The van der Waals surface area contributed by atoms with Crippen LogP contribution in [0.25, 0.3) is 0 Å². The quantitative estimate of drug-likeness (QED) is 0.833. The summed E-state index contributed by atoms with van der Waals surface area (Å²) in [6.07, 6.45) is 0. The molecule has 0 radical (unpaired) electrons. The van der Waals surface area contributed by atoms with Crippen molar-refractivity contribution in [3.05, 3.63) is 34.9 Å². The van der Waals surface area contributed by atoms with E-state index in [9.17, 15) is 4.21 Å². The van der Waals surface area contributed by atoms with E-state index in [4.69, 9.17) is 16.7 Å². The monoisotopic (exact) mass is 218 g/mol. The van der Waals surface area contributed by atoms with E-state index in [0.717, 1.165) is 5.56 Å². The Balaban J connectivity index is 2.63. The molecule has 1 aromatic carbocycles. The van der Waals surface area contributed by atoms with Crippen LogP contribution in [0.1, 0.15) is 5.56 Å². The second-order valence-corrected chi connectivity index (χ2v) is 4.59. The Labute approximate surface area is 85.0 Å². The minimum absolute atomic E-state index is 0.0446. The summed E-state index contributed by atoms with van der Waals surface area (Å²) in [5.74, 6) is 0.728. The van der Waals surface area contributed by atoms with Gasteiger partial charge in [-0.1, -0.05) is 29.8 Å². The van der Waals surface area contributed by atoms with Gasteiger partial charge in [0.25, 0.3) is 0 Å². The molecular weight excluding hydrogens is 208 g/mol. The Hall–Kier alpha value is -0.380. The average Bonchev–Trinajstić information content (AvgIpc) is 2.09. The Morgan fingerprint density at radius 2 is 2.08 bits per heavy atom. The lowest BCUT2D eigenvalue weighted by molar-refractivity contribution is 0.321. The molecule has 1 rings (SSSR count). The molecule has 0 saturated heterocycles. The SMILES string of the molecule is O=S(CCO)Cc1ccccc1Cl. The largest absolute Gasteiger partial charge is 0.395 e. The zero-order chi connectivity index (χ0) is 9.68. The first kappa shape index (κ1) is 10.7. The maximum atomic E-state index is 11.3. The van der Waals surface area contributed by atoms with Crippen LogP contribution in [0.3, 0.4) is 0 Å². The van der Waals surface area contributed by atoms with E-state index >= 15 is 0 Å². The van der Waals surface area contributed by atoms with E-state index in [-0.39, 0.29) is 6.61 Å². The number of hydrogen-bond donors (Lipinski definition) is 1. The number of hydrogen-bond acceptors (Lipinski definition) is 2. The smallest absolute Gasteiger partial charge is 0.0546 e. The van der Waals surface area contributed by atoms with Gasteiger partial charge in [-0.25, -0.2) is 0 Å². The van der Waals surface area contributed by atoms with E-state index in [2.05, 4.69) is 0 Å². The van der Waals surface area contributed by atoms with Crippen LogP contribution in [0.4, 0.5) is 0 Å². The molecule has 0 aliphatic heterocycles. The molecule has 0 fully saturated rings. The fraction of sp³-hybridized carbons (Fsp3) is 0.333. The van der Waals surface area contributed by atoms with Crippen molar-refractivity contribution in [2.45, 2.75) is 5.75 Å². The first-order valence-electron chi connectivity index (χ1n) is 3.93. The molecular formula is C9H11ClO2S. The topological polar surface area (TPSA) is 37.3 Å². The molecule has 72 valence electrons. The summed E-state index contributed by atoms with van der Waals surface area (Å²) in [5.41, 5.74) is 0.871. The summed E-state index contributed by atoms with van der Waals surface area (Å²) in [4.78, 5) is 0. The lowest BCUT2D eigenvalue weighted by atomic mass is 10.2. The lowest BCUT2D eigenvalue weighted by Gasteiger charge is -2.02. The normalized spacial score (nSPS) is 12.8. The molecule has 0 bridgehead atoms. The molecule has 0 aliphatic carbocycles. The van der Waals surface area contributed by atoms with Crippen molar-refractivity contribution in [2.75, 3.05) is 12.4 Å². The third-order valence-corrected chi connectivity index (χ3v) is 3.23. The van der Waals surface area contributed by atoms with Crippen LogP contribution >= 0.6 is 11.6 Å². The van der Waals surface area contributed by atoms with E-state index in [1.54, 1.807) is 6.07 Å². The molecule has 1 unspecified atom stereocenters. The number of aliphatic hydroxyl groups is 1. The van der Waals surface area contributed by atoms with Gasteiger partial charge in [0.05, 0.1) is 12.4 Å². The van der Waals surface area contributed by atoms with Gasteiger partial charge in [0.1, 0.15) is 0 Å². The van der Waals surface area contributed by atoms with Crippen LogP contribution in [0.15, 0.2) is 24.3 Å². The van der Waals surface area contributed by atoms with Gasteiger partial charge in [0.2, 0.25) is 0 Å². The number of rotatable bonds is 4. The Morgan fingerprint density at radius 1 is 1.38 bits per heavy atom. The molecule has 0 spiro atoms. The van der Waals surface area contributed by atoms with Crippen LogP contribution in [-0.2, 0) is 16.6 Å². The molecule has 13 heavy (non-hydrogen) atoms. The highest BCUT2D eigenvalue weighted by Gasteiger charge is 2.03. The van der Waals surface area contributed by atoms with Crippen LogP contribution in [0.2, 0.25) is 5.02 Å². The second kappa shape index (κ2) is 5.37. The summed E-state index contributed by atoms with van der Waals surface area (Å²) < 4.78 is 11.3. The number of benzene rings is 1. The van der Waals surface area contributed by atoms with Crippen molar-refractivity contribution in [1.29, 1.82) is 0 Å². The summed E-state index contributed by atoms with van der Waals surface area (Å²) in [6, 6.07) is 7.31. The third kappa shape index (κ3) is 3.46. The van der Waals surface area contributed by atoms with Gasteiger partial charge in [-0.2, -0.15) is 0 Å². The molecule has 0 heterocycles. The summed E-state index contributed by atoms with van der Waals surface area (Å²) in [6.45, 7) is -0.0446. The second-order valence-electron chi connectivity index (χ2n) is 2.60. The molecule has 1 N–H and O–H groups in total. The Bertz CT molecular complexity index is 301. The summed E-state index contributed by atoms with van der Waals surface area (Å²) in [5, 5.41) is 9.19. The van der Waals surface area contributed by atoms with E-state index in [0.29, 0.717) is 16.5 Å². The van der Waals surface area contributed by atoms with Crippen LogP contribution in [0.5, 0.6) is 0 Å². The van der Waals surface area contributed by atoms with Crippen molar-refractivity contribution < 1.29 is 9.32 Å². The first-order valence-corrected chi connectivity index (χ1v) is 5.80. The highest BCUT2D eigenvalue weighted by atomic mass is 35.5. The lowest BCUT2D eigenvalue weighted by Crippen LogP contribution is -2.04. The van der Waals surface area contributed by atoms with Gasteiger partial charge in [0, 0.05) is 21.6 Å². The Kier molecular flexibility index (Phi) is 4.42. The molecule has 1 atom stereocenters. The average molecular weight is 219 g/mol. The molecule has 0 saturated carbocycles. The predicted molar refractivity (Wildman–Crippen MR) is 55.3 cm³/mol. The number of aliphatic hydroxyl groups excluding tert-OH is 1. The van der Waals surface area contributed by atoms with Crippen LogP contribution in [-0.4, -0.2) is 21.7 Å². The minimum atomic E-state index is -1.02. The number of halogens is 1. The molecule has 0 aromatic heterocycles. The van der Waals surface area contributed by atoms with Crippen molar-refractivity contribution in [1.82, 2.24) is 0 Å². The fourth-order valence-corrected chi connectivity index (χ4v) is 2.19.